The highest BCUT2D eigenvalue weighted by Gasteiger charge is 2.33. The normalized spacial score (nSPS) is 19.8. The Balaban J connectivity index is 1.19. The molecule has 2 saturated heterocycles. The Morgan fingerprint density at radius 1 is 1.21 bits per heavy atom. The van der Waals surface area contributed by atoms with Gasteiger partial charge in [0.1, 0.15) is 42.0 Å². The number of hydrogen-bond acceptors (Lipinski definition) is 8. The number of nitriles is 1. The summed E-state index contributed by atoms with van der Waals surface area (Å²) in [6.07, 6.45) is 4.31. The van der Waals surface area contributed by atoms with Gasteiger partial charge in [-0.25, -0.2) is 15.0 Å². The lowest BCUT2D eigenvalue weighted by atomic mass is 10.1. The number of nitrogens with one attached hydrogen (secondary N) is 1. The maximum atomic E-state index is 13.0. The smallest absolute Gasteiger partial charge is 0.253 e. The maximum absolute atomic E-state index is 13.0. The summed E-state index contributed by atoms with van der Waals surface area (Å²) in [6.45, 7) is 2.06. The maximum Gasteiger partial charge on any atom is 0.253 e. The highest BCUT2D eigenvalue weighted by atomic mass is 16.5. The minimum Gasteiger partial charge on any atom is -0.383 e. The van der Waals surface area contributed by atoms with Crippen LogP contribution in [0.2, 0.25) is 0 Å². The van der Waals surface area contributed by atoms with Crippen molar-refractivity contribution in [2.75, 3.05) is 29.0 Å². The number of hydrogen-bond donors (Lipinski definition) is 2. The van der Waals surface area contributed by atoms with Crippen LogP contribution in [0, 0.1) is 11.3 Å². The molecule has 4 aromatic rings. The zero-order valence-corrected chi connectivity index (χ0v) is 18.3. The molecule has 5 heterocycles. The number of aromatic nitrogens is 4. The van der Waals surface area contributed by atoms with E-state index >= 15 is 0 Å². The van der Waals surface area contributed by atoms with Crippen molar-refractivity contribution in [3.8, 4) is 6.07 Å². The Morgan fingerprint density at radius 2 is 2.06 bits per heavy atom. The lowest BCUT2D eigenvalue weighted by Gasteiger charge is -2.32. The highest BCUT2D eigenvalue weighted by molar-refractivity contribution is 5.96. The fourth-order valence-electron chi connectivity index (χ4n) is 4.56. The van der Waals surface area contributed by atoms with Crippen LogP contribution in [0.25, 0.3) is 21.9 Å². The second-order valence-corrected chi connectivity index (χ2v) is 8.58. The predicted octanol–water partition coefficient (Wildman–Crippen LogP) is 2.96. The number of benzene rings is 1. The molecule has 0 bridgehead atoms. The van der Waals surface area contributed by atoms with Gasteiger partial charge < -0.3 is 25.3 Å². The summed E-state index contributed by atoms with van der Waals surface area (Å²) >= 11 is 0. The molecule has 170 valence electrons. The molecule has 2 aliphatic heterocycles. The molecule has 1 amide bonds. The minimum absolute atomic E-state index is 0.216. The average Bonchev–Trinajstić information content (AvgIpc) is 3.43. The number of carbonyl (C=O) groups excluding carboxylic acids is 1. The predicted molar refractivity (Wildman–Crippen MR) is 127 cm³/mol. The summed E-state index contributed by atoms with van der Waals surface area (Å²) < 4.78 is 7.83. The molecule has 1 aromatic carbocycles. The van der Waals surface area contributed by atoms with E-state index in [1.54, 1.807) is 10.8 Å². The quantitative estimate of drug-likeness (QED) is 0.480. The molecule has 10 nitrogen and oxygen atoms in total. The van der Waals surface area contributed by atoms with Crippen LogP contribution in [0.15, 0.2) is 42.9 Å². The zero-order valence-electron chi connectivity index (χ0n) is 18.3. The fourth-order valence-corrected chi connectivity index (χ4v) is 4.56. The van der Waals surface area contributed by atoms with Gasteiger partial charge in [0, 0.05) is 30.4 Å². The van der Waals surface area contributed by atoms with Crippen molar-refractivity contribution in [3.63, 3.8) is 0 Å². The third-order valence-corrected chi connectivity index (χ3v) is 6.48. The van der Waals surface area contributed by atoms with Crippen molar-refractivity contribution < 1.29 is 9.53 Å². The Kier molecular flexibility index (Phi) is 4.78. The van der Waals surface area contributed by atoms with Gasteiger partial charge in [0.15, 0.2) is 0 Å². The van der Waals surface area contributed by atoms with Gasteiger partial charge in [-0.2, -0.15) is 5.26 Å². The number of nitrogen functional groups attached to an aromatic ring is 1. The largest absolute Gasteiger partial charge is 0.383 e. The van der Waals surface area contributed by atoms with Crippen molar-refractivity contribution >= 4 is 45.2 Å². The molecular formula is C24H22N8O2. The van der Waals surface area contributed by atoms with E-state index in [9.17, 15) is 10.1 Å². The van der Waals surface area contributed by atoms with E-state index in [1.807, 2.05) is 24.3 Å². The molecule has 0 radical (unpaired) electrons. The van der Waals surface area contributed by atoms with Crippen LogP contribution in [0.3, 0.4) is 0 Å². The zero-order chi connectivity index (χ0) is 23.2. The summed E-state index contributed by atoms with van der Waals surface area (Å²) in [5.41, 5.74) is 8.37. The first-order valence-corrected chi connectivity index (χ1v) is 11.2. The molecule has 3 aromatic heterocycles. The lowest BCUT2D eigenvalue weighted by molar-refractivity contribution is -0.128. The molecule has 2 fully saturated rings. The summed E-state index contributed by atoms with van der Waals surface area (Å²) in [5, 5.41) is 14.0. The lowest BCUT2D eigenvalue weighted by Crippen LogP contribution is -2.37. The number of ether oxygens (including phenoxy) is 1. The van der Waals surface area contributed by atoms with Crippen molar-refractivity contribution in [1.82, 2.24) is 19.5 Å². The fraction of sp³-hybridized carbons (Fsp3) is 0.292. The molecule has 34 heavy (non-hydrogen) atoms. The van der Waals surface area contributed by atoms with E-state index in [0.717, 1.165) is 29.8 Å². The van der Waals surface area contributed by atoms with Gasteiger partial charge in [0.2, 0.25) is 0 Å². The molecular weight excluding hydrogens is 432 g/mol. The molecule has 2 aliphatic rings. The van der Waals surface area contributed by atoms with Gasteiger partial charge in [0.25, 0.3) is 5.91 Å². The number of carbonyl (C=O) groups is 1. The van der Waals surface area contributed by atoms with Gasteiger partial charge >= 0.3 is 0 Å². The van der Waals surface area contributed by atoms with Gasteiger partial charge in [-0.3, -0.25) is 4.79 Å². The van der Waals surface area contributed by atoms with Crippen LogP contribution < -0.4 is 16.0 Å². The van der Waals surface area contributed by atoms with Gasteiger partial charge in [-0.1, -0.05) is 6.07 Å². The molecule has 0 saturated carbocycles. The number of nitrogens with zero attached hydrogens (tertiary/aromatic N) is 6. The molecule has 10 heteroatoms. The first kappa shape index (κ1) is 20.4. The Bertz CT molecular complexity index is 1470. The van der Waals surface area contributed by atoms with E-state index in [1.165, 1.54) is 12.7 Å². The number of rotatable bonds is 4. The Labute approximate surface area is 195 Å². The van der Waals surface area contributed by atoms with Crippen molar-refractivity contribution in [1.29, 1.82) is 5.26 Å². The third kappa shape index (κ3) is 3.38. The second kappa shape index (κ2) is 7.97. The second-order valence-electron chi connectivity index (χ2n) is 8.58. The monoisotopic (exact) mass is 454 g/mol. The number of anilines is 3. The van der Waals surface area contributed by atoms with Crippen LogP contribution >= 0.6 is 0 Å². The van der Waals surface area contributed by atoms with Crippen molar-refractivity contribution in [2.24, 2.45) is 0 Å². The van der Waals surface area contributed by atoms with E-state index < -0.39 is 12.3 Å². The van der Waals surface area contributed by atoms with Crippen LogP contribution in [0.5, 0.6) is 0 Å². The summed E-state index contributed by atoms with van der Waals surface area (Å²) in [5.74, 6) is 0.992. The number of fused-ring (bicyclic) bond motifs is 2. The molecule has 3 N–H and O–H groups in total. The topological polar surface area (TPSA) is 135 Å². The Morgan fingerprint density at radius 3 is 2.85 bits per heavy atom. The summed E-state index contributed by atoms with van der Waals surface area (Å²) in [6, 6.07) is 11.9. The highest BCUT2D eigenvalue weighted by Crippen LogP contribution is 2.34. The average molecular weight is 454 g/mol. The van der Waals surface area contributed by atoms with E-state index in [2.05, 4.69) is 32.3 Å². The van der Waals surface area contributed by atoms with E-state index in [4.69, 9.17) is 15.5 Å². The molecule has 6 rings (SSSR count). The van der Waals surface area contributed by atoms with Crippen LogP contribution in [-0.4, -0.2) is 44.6 Å². The van der Waals surface area contributed by atoms with Crippen molar-refractivity contribution in [3.05, 3.63) is 48.4 Å². The van der Waals surface area contributed by atoms with E-state index in [0.29, 0.717) is 35.1 Å². The van der Waals surface area contributed by atoms with Gasteiger partial charge in [-0.15, -0.1) is 0 Å². The SMILES string of the molecule is N#Cc1cn(C2CCC(C(=O)Nc3ccc4ccc(N5CCC5)nc4c3)O2)c2ncnc(N)c12. The number of amides is 1. The van der Waals surface area contributed by atoms with Gasteiger partial charge in [0.05, 0.1) is 16.5 Å². The summed E-state index contributed by atoms with van der Waals surface area (Å²) in [7, 11) is 0. The van der Waals surface area contributed by atoms with Crippen molar-refractivity contribution in [2.45, 2.75) is 31.6 Å². The molecule has 2 unspecified atom stereocenters. The molecule has 0 aliphatic carbocycles. The number of pyridine rings is 1. The standard InChI is InChI=1S/C24H22N8O2/c25-11-15-12-32(23-21(15)22(26)27-13-28-23)20-7-5-18(34-20)24(33)29-16-4-2-14-3-6-19(30-17(14)10-16)31-8-1-9-31/h2-4,6,10,12-13,18,20H,1,5,7-9H2,(H,29,33)(H2,26,27,28). The van der Waals surface area contributed by atoms with Crippen LogP contribution in [0.4, 0.5) is 17.3 Å². The third-order valence-electron chi connectivity index (χ3n) is 6.48. The first-order chi connectivity index (χ1) is 16.6. The van der Waals surface area contributed by atoms with Crippen LogP contribution in [-0.2, 0) is 9.53 Å². The minimum atomic E-state index is -0.622. The number of nitrogens with two attached hydrogens (primary N) is 1. The van der Waals surface area contributed by atoms with Crippen LogP contribution in [0.1, 0.15) is 31.1 Å². The first-order valence-electron chi connectivity index (χ1n) is 11.2. The van der Waals surface area contributed by atoms with Gasteiger partial charge in [-0.05, 0) is 43.5 Å². The summed E-state index contributed by atoms with van der Waals surface area (Å²) in [4.78, 5) is 28.2. The Hall–Kier alpha value is -4.23. The molecule has 2 atom stereocenters. The van der Waals surface area contributed by atoms with E-state index in [-0.39, 0.29) is 11.7 Å². The molecule has 0 spiro atoms.